The molecule has 2 nitrogen and oxygen atoms in total. The van der Waals surface area contributed by atoms with Gasteiger partial charge in [-0.25, -0.2) is 0 Å². The second kappa shape index (κ2) is 7.64. The number of hydrogen-bond acceptors (Lipinski definition) is 2. The lowest BCUT2D eigenvalue weighted by Crippen LogP contribution is -2.55. The van der Waals surface area contributed by atoms with Crippen molar-refractivity contribution in [2.45, 2.75) is 95.6 Å². The van der Waals surface area contributed by atoms with E-state index < -0.39 is 0 Å². The molecule has 0 heterocycles. The fourth-order valence-electron chi connectivity index (χ4n) is 4.26. The SMILES string of the molecule is CCCC1CCCC(CN)(NC2CCCCC2)CC1. The van der Waals surface area contributed by atoms with Crippen LogP contribution in [0, 0.1) is 5.92 Å². The molecule has 0 amide bonds. The molecule has 2 fully saturated rings. The Morgan fingerprint density at radius 3 is 2.47 bits per heavy atom. The molecule has 19 heavy (non-hydrogen) atoms. The van der Waals surface area contributed by atoms with Gasteiger partial charge >= 0.3 is 0 Å². The van der Waals surface area contributed by atoms with Crippen LogP contribution in [0.5, 0.6) is 0 Å². The molecule has 2 aliphatic rings. The molecule has 2 rings (SSSR count). The van der Waals surface area contributed by atoms with Crippen LogP contribution in [0.3, 0.4) is 0 Å². The molecule has 2 unspecified atom stereocenters. The number of nitrogens with one attached hydrogen (secondary N) is 1. The van der Waals surface area contributed by atoms with E-state index in [1.165, 1.54) is 77.0 Å². The fraction of sp³-hybridized carbons (Fsp3) is 1.00. The maximum absolute atomic E-state index is 6.18. The largest absolute Gasteiger partial charge is 0.329 e. The zero-order valence-electron chi connectivity index (χ0n) is 12.9. The minimum Gasteiger partial charge on any atom is -0.329 e. The summed E-state index contributed by atoms with van der Waals surface area (Å²) in [5.74, 6) is 0.964. The Morgan fingerprint density at radius 2 is 1.79 bits per heavy atom. The molecular weight excluding hydrogens is 232 g/mol. The first-order valence-corrected chi connectivity index (χ1v) is 8.76. The third-order valence-electron chi connectivity index (χ3n) is 5.50. The average molecular weight is 266 g/mol. The van der Waals surface area contributed by atoms with Crippen molar-refractivity contribution in [3.05, 3.63) is 0 Å². The van der Waals surface area contributed by atoms with E-state index in [1.807, 2.05) is 0 Å². The average Bonchev–Trinajstić information content (AvgIpc) is 2.64. The Hall–Kier alpha value is -0.0800. The van der Waals surface area contributed by atoms with Gasteiger partial charge in [0.2, 0.25) is 0 Å². The van der Waals surface area contributed by atoms with Crippen molar-refractivity contribution in [2.24, 2.45) is 11.7 Å². The van der Waals surface area contributed by atoms with Crippen molar-refractivity contribution >= 4 is 0 Å². The molecule has 0 aromatic rings. The molecule has 2 atom stereocenters. The number of rotatable bonds is 5. The van der Waals surface area contributed by atoms with E-state index in [4.69, 9.17) is 5.73 Å². The van der Waals surface area contributed by atoms with Crippen molar-refractivity contribution in [2.75, 3.05) is 6.54 Å². The van der Waals surface area contributed by atoms with Gasteiger partial charge in [0.15, 0.2) is 0 Å². The highest BCUT2D eigenvalue weighted by Crippen LogP contribution is 2.33. The van der Waals surface area contributed by atoms with Crippen LogP contribution in [0.4, 0.5) is 0 Å². The Bertz CT molecular complexity index is 248. The summed E-state index contributed by atoms with van der Waals surface area (Å²) in [5, 5.41) is 4.00. The van der Waals surface area contributed by atoms with Crippen molar-refractivity contribution in [1.82, 2.24) is 5.32 Å². The molecule has 0 radical (unpaired) electrons. The van der Waals surface area contributed by atoms with Crippen molar-refractivity contribution < 1.29 is 0 Å². The van der Waals surface area contributed by atoms with Gasteiger partial charge in [-0.2, -0.15) is 0 Å². The van der Waals surface area contributed by atoms with Crippen LogP contribution in [0.15, 0.2) is 0 Å². The van der Waals surface area contributed by atoms with Crippen molar-refractivity contribution in [3.63, 3.8) is 0 Å². The van der Waals surface area contributed by atoms with E-state index >= 15 is 0 Å². The smallest absolute Gasteiger partial charge is 0.0306 e. The first-order chi connectivity index (χ1) is 9.28. The van der Waals surface area contributed by atoms with Crippen molar-refractivity contribution in [1.29, 1.82) is 0 Å². The van der Waals surface area contributed by atoms with Crippen LogP contribution in [0.1, 0.15) is 84.0 Å². The van der Waals surface area contributed by atoms with E-state index in [-0.39, 0.29) is 5.54 Å². The van der Waals surface area contributed by atoms with Crippen LogP contribution < -0.4 is 11.1 Å². The molecular formula is C17H34N2. The van der Waals surface area contributed by atoms with E-state index in [2.05, 4.69) is 12.2 Å². The second-order valence-corrected chi connectivity index (χ2v) is 7.05. The van der Waals surface area contributed by atoms with Crippen molar-refractivity contribution in [3.8, 4) is 0 Å². The quantitative estimate of drug-likeness (QED) is 0.739. The summed E-state index contributed by atoms with van der Waals surface area (Å²) in [4.78, 5) is 0. The van der Waals surface area contributed by atoms with Gasteiger partial charge in [-0.3, -0.25) is 0 Å². The third kappa shape index (κ3) is 4.46. The van der Waals surface area contributed by atoms with Gasteiger partial charge in [0, 0.05) is 18.1 Å². The van der Waals surface area contributed by atoms with Gasteiger partial charge < -0.3 is 11.1 Å². The molecule has 0 bridgehead atoms. The van der Waals surface area contributed by atoms with Gasteiger partial charge in [0.25, 0.3) is 0 Å². The van der Waals surface area contributed by atoms with Crippen LogP contribution in [-0.4, -0.2) is 18.1 Å². The molecule has 2 saturated carbocycles. The van der Waals surface area contributed by atoms with E-state index in [0.717, 1.165) is 18.5 Å². The Balaban J connectivity index is 1.89. The maximum atomic E-state index is 6.18. The third-order valence-corrected chi connectivity index (χ3v) is 5.50. The topological polar surface area (TPSA) is 38.0 Å². The fourth-order valence-corrected chi connectivity index (χ4v) is 4.26. The monoisotopic (exact) mass is 266 g/mol. The molecule has 2 aliphatic carbocycles. The maximum Gasteiger partial charge on any atom is 0.0306 e. The summed E-state index contributed by atoms with van der Waals surface area (Å²) in [7, 11) is 0. The minimum atomic E-state index is 0.268. The number of nitrogens with two attached hydrogens (primary N) is 1. The van der Waals surface area contributed by atoms with Crippen LogP contribution in [-0.2, 0) is 0 Å². The highest BCUT2D eigenvalue weighted by atomic mass is 15.0. The van der Waals surface area contributed by atoms with Crippen LogP contribution in [0.25, 0.3) is 0 Å². The number of hydrogen-bond donors (Lipinski definition) is 2. The first kappa shape index (κ1) is 15.3. The molecule has 0 spiro atoms. The summed E-state index contributed by atoms with van der Waals surface area (Å²) in [6, 6.07) is 0.750. The first-order valence-electron chi connectivity index (χ1n) is 8.76. The lowest BCUT2D eigenvalue weighted by Gasteiger charge is -2.38. The van der Waals surface area contributed by atoms with Gasteiger partial charge in [-0.05, 0) is 38.0 Å². The predicted molar refractivity (Wildman–Crippen MR) is 83.3 cm³/mol. The van der Waals surface area contributed by atoms with Gasteiger partial charge in [0.05, 0.1) is 0 Å². The van der Waals surface area contributed by atoms with Crippen LogP contribution in [0.2, 0.25) is 0 Å². The zero-order valence-corrected chi connectivity index (χ0v) is 12.9. The molecule has 0 aliphatic heterocycles. The molecule has 3 N–H and O–H groups in total. The summed E-state index contributed by atoms with van der Waals surface area (Å²) >= 11 is 0. The molecule has 2 heteroatoms. The molecule has 0 saturated heterocycles. The Morgan fingerprint density at radius 1 is 1.00 bits per heavy atom. The molecule has 0 aromatic carbocycles. The Labute approximate surface area is 119 Å². The summed E-state index contributed by atoms with van der Waals surface area (Å²) in [6.07, 6.45) is 16.6. The van der Waals surface area contributed by atoms with Gasteiger partial charge in [0.1, 0.15) is 0 Å². The van der Waals surface area contributed by atoms with E-state index in [0.29, 0.717) is 0 Å². The summed E-state index contributed by atoms with van der Waals surface area (Å²) < 4.78 is 0. The van der Waals surface area contributed by atoms with E-state index in [1.54, 1.807) is 0 Å². The predicted octanol–water partition coefficient (Wildman–Crippen LogP) is 3.99. The van der Waals surface area contributed by atoms with Gasteiger partial charge in [-0.1, -0.05) is 51.9 Å². The molecule has 112 valence electrons. The highest BCUT2D eigenvalue weighted by Gasteiger charge is 2.33. The lowest BCUT2D eigenvalue weighted by atomic mass is 9.85. The second-order valence-electron chi connectivity index (χ2n) is 7.05. The van der Waals surface area contributed by atoms with E-state index in [9.17, 15) is 0 Å². The highest BCUT2D eigenvalue weighted by molar-refractivity contribution is 4.94. The Kier molecular flexibility index (Phi) is 6.15. The minimum absolute atomic E-state index is 0.268. The van der Waals surface area contributed by atoms with Gasteiger partial charge in [-0.15, -0.1) is 0 Å². The van der Waals surface area contributed by atoms with Crippen LogP contribution >= 0.6 is 0 Å². The normalized spacial score (nSPS) is 34.1. The molecule has 0 aromatic heterocycles. The standard InChI is InChI=1S/C17H34N2/c1-2-7-15-8-6-12-17(14-18,13-11-15)19-16-9-4-3-5-10-16/h15-16,19H,2-14,18H2,1H3. The summed E-state index contributed by atoms with van der Waals surface area (Å²) in [6.45, 7) is 3.16. The zero-order chi connectivity index (χ0) is 13.6. The lowest BCUT2D eigenvalue weighted by molar-refractivity contribution is 0.225. The summed E-state index contributed by atoms with van der Waals surface area (Å²) in [5.41, 5.74) is 6.45.